The monoisotopic (exact) mass is 509 g/mol. The number of hydrogen-bond acceptors (Lipinski definition) is 3. The van der Waals surface area contributed by atoms with Gasteiger partial charge in [0.15, 0.2) is 0 Å². The Morgan fingerprint density at radius 1 is 0.300 bits per heavy atom. The molecule has 5 aromatic carbocycles. The maximum atomic E-state index is 4.24. The molecule has 0 aliphatic rings. The summed E-state index contributed by atoms with van der Waals surface area (Å²) >= 11 is 0. The van der Waals surface area contributed by atoms with Gasteiger partial charge < -0.3 is 0 Å². The molecule has 0 spiro atoms. The van der Waals surface area contributed by atoms with E-state index in [0.29, 0.717) is 0 Å². The fourth-order valence-corrected chi connectivity index (χ4v) is 6.04. The third-order valence-corrected chi connectivity index (χ3v) is 7.93. The van der Waals surface area contributed by atoms with Crippen molar-refractivity contribution in [3.8, 4) is 44.5 Å². The third-order valence-electron chi connectivity index (χ3n) is 7.93. The molecule has 0 aliphatic carbocycles. The van der Waals surface area contributed by atoms with Gasteiger partial charge in [-0.2, -0.15) is 0 Å². The zero-order valence-corrected chi connectivity index (χ0v) is 21.6. The maximum absolute atomic E-state index is 4.24. The Morgan fingerprint density at radius 3 is 1.15 bits per heavy atom. The molecule has 0 saturated heterocycles. The first-order chi connectivity index (χ1) is 19.8. The van der Waals surface area contributed by atoms with E-state index >= 15 is 0 Å². The number of hydrogen-bond donors (Lipinski definition) is 0. The second-order valence-corrected chi connectivity index (χ2v) is 10.2. The molecule has 0 bridgehead atoms. The van der Waals surface area contributed by atoms with Gasteiger partial charge in [0.25, 0.3) is 0 Å². The molecular weight excluding hydrogens is 486 g/mol. The van der Waals surface area contributed by atoms with Crippen LogP contribution in [0, 0.1) is 0 Å². The van der Waals surface area contributed by atoms with Gasteiger partial charge in [-0.25, -0.2) is 0 Å². The SMILES string of the molecule is c1cc(-c2cc(-c3ccncc3)cc(-c3ccc4ccc5ccc(-c6ccncc6)c6ccc3c4c56)c2)ccn1. The van der Waals surface area contributed by atoms with Crippen LogP contribution in [-0.4, -0.2) is 15.0 Å². The Labute approximate surface area is 231 Å². The van der Waals surface area contributed by atoms with Crippen LogP contribution in [0.25, 0.3) is 76.8 Å². The highest BCUT2D eigenvalue weighted by Gasteiger charge is 2.16. The fraction of sp³-hybridized carbons (Fsp3) is 0. The van der Waals surface area contributed by atoms with Gasteiger partial charge in [-0.1, -0.05) is 48.5 Å². The summed E-state index contributed by atoms with van der Waals surface area (Å²) < 4.78 is 0. The first kappa shape index (κ1) is 22.6. The van der Waals surface area contributed by atoms with Crippen LogP contribution in [0.3, 0.4) is 0 Å². The highest BCUT2D eigenvalue weighted by Crippen LogP contribution is 2.43. The predicted molar refractivity (Wildman–Crippen MR) is 165 cm³/mol. The zero-order chi connectivity index (χ0) is 26.5. The normalized spacial score (nSPS) is 11.5. The molecule has 0 N–H and O–H groups in total. The topological polar surface area (TPSA) is 38.7 Å². The Kier molecular flexibility index (Phi) is 5.14. The standard InChI is InChI=1S/C37H23N3/c1-2-28-4-6-33(31-22-29(24-9-15-38-16-10-24)21-30(23-31)25-11-17-39-18-12-25)35-8-7-34-32(26-13-19-40-20-14-26)5-3-27(1)36(34)37(28)35/h1-23H. The molecule has 0 fully saturated rings. The van der Waals surface area contributed by atoms with Crippen molar-refractivity contribution in [2.75, 3.05) is 0 Å². The van der Waals surface area contributed by atoms with Gasteiger partial charge in [0.05, 0.1) is 0 Å². The van der Waals surface area contributed by atoms with E-state index in [1.807, 2.05) is 37.2 Å². The molecule has 40 heavy (non-hydrogen) atoms. The van der Waals surface area contributed by atoms with E-state index in [4.69, 9.17) is 0 Å². The van der Waals surface area contributed by atoms with E-state index < -0.39 is 0 Å². The lowest BCUT2D eigenvalue weighted by atomic mass is 9.86. The zero-order valence-electron chi connectivity index (χ0n) is 21.6. The molecule has 0 aliphatic heterocycles. The van der Waals surface area contributed by atoms with Crippen molar-refractivity contribution >= 4 is 32.3 Å². The van der Waals surface area contributed by atoms with E-state index in [2.05, 4.69) is 118 Å². The highest BCUT2D eigenvalue weighted by molar-refractivity contribution is 6.27. The van der Waals surface area contributed by atoms with Gasteiger partial charge in [-0.15, -0.1) is 0 Å². The van der Waals surface area contributed by atoms with Crippen LogP contribution in [-0.2, 0) is 0 Å². The van der Waals surface area contributed by atoms with Gasteiger partial charge in [-0.05, 0) is 131 Å². The molecule has 0 radical (unpaired) electrons. The van der Waals surface area contributed by atoms with Crippen LogP contribution in [0.4, 0.5) is 0 Å². The molecule has 8 aromatic rings. The lowest BCUT2D eigenvalue weighted by Crippen LogP contribution is -1.91. The van der Waals surface area contributed by atoms with E-state index in [1.54, 1.807) is 0 Å². The van der Waals surface area contributed by atoms with Crippen LogP contribution in [0.15, 0.2) is 140 Å². The summed E-state index contributed by atoms with van der Waals surface area (Å²) in [6.07, 6.45) is 11.1. The van der Waals surface area contributed by atoms with Gasteiger partial charge in [0.2, 0.25) is 0 Å². The second kappa shape index (κ2) is 9.11. The summed E-state index contributed by atoms with van der Waals surface area (Å²) in [4.78, 5) is 12.7. The summed E-state index contributed by atoms with van der Waals surface area (Å²) in [5.74, 6) is 0. The molecule has 8 rings (SSSR count). The van der Waals surface area contributed by atoms with Crippen molar-refractivity contribution < 1.29 is 0 Å². The summed E-state index contributed by atoms with van der Waals surface area (Å²) in [7, 11) is 0. The number of benzene rings is 5. The van der Waals surface area contributed by atoms with Gasteiger partial charge in [0.1, 0.15) is 0 Å². The highest BCUT2D eigenvalue weighted by atomic mass is 14.6. The maximum Gasteiger partial charge on any atom is 0.0273 e. The van der Waals surface area contributed by atoms with Gasteiger partial charge >= 0.3 is 0 Å². The van der Waals surface area contributed by atoms with Crippen LogP contribution >= 0.6 is 0 Å². The van der Waals surface area contributed by atoms with E-state index in [0.717, 1.165) is 22.3 Å². The molecular formula is C37H23N3. The smallest absolute Gasteiger partial charge is 0.0273 e. The molecule has 0 amide bonds. The Bertz CT molecular complexity index is 2080. The van der Waals surface area contributed by atoms with Crippen molar-refractivity contribution in [3.05, 3.63) is 140 Å². The van der Waals surface area contributed by atoms with Gasteiger partial charge in [0, 0.05) is 37.2 Å². The quantitative estimate of drug-likeness (QED) is 0.222. The third kappa shape index (κ3) is 3.63. The summed E-state index contributed by atoms with van der Waals surface area (Å²) in [5.41, 5.74) is 9.44. The summed E-state index contributed by atoms with van der Waals surface area (Å²) in [5, 5.41) is 7.65. The average Bonchev–Trinajstić information content (AvgIpc) is 3.04. The molecule has 186 valence electrons. The minimum Gasteiger partial charge on any atom is -0.265 e. The fourth-order valence-electron chi connectivity index (χ4n) is 6.04. The lowest BCUT2D eigenvalue weighted by Gasteiger charge is -2.17. The molecule has 0 unspecified atom stereocenters. The minimum atomic E-state index is 1.15. The van der Waals surface area contributed by atoms with Crippen molar-refractivity contribution in [3.63, 3.8) is 0 Å². The van der Waals surface area contributed by atoms with E-state index in [1.165, 1.54) is 54.6 Å². The largest absolute Gasteiger partial charge is 0.265 e. The predicted octanol–water partition coefficient (Wildman–Crippen LogP) is 9.44. The number of aromatic nitrogens is 3. The van der Waals surface area contributed by atoms with E-state index in [9.17, 15) is 0 Å². The van der Waals surface area contributed by atoms with E-state index in [-0.39, 0.29) is 0 Å². The number of nitrogens with zero attached hydrogens (tertiary/aromatic N) is 3. The van der Waals surface area contributed by atoms with Crippen molar-refractivity contribution in [1.29, 1.82) is 0 Å². The van der Waals surface area contributed by atoms with Crippen molar-refractivity contribution in [1.82, 2.24) is 15.0 Å². The Morgan fingerprint density at radius 2 is 0.675 bits per heavy atom. The van der Waals surface area contributed by atoms with Crippen molar-refractivity contribution in [2.24, 2.45) is 0 Å². The molecule has 3 heteroatoms. The first-order valence-electron chi connectivity index (χ1n) is 13.4. The Balaban J connectivity index is 1.42. The van der Waals surface area contributed by atoms with Crippen LogP contribution in [0.5, 0.6) is 0 Å². The molecule has 0 saturated carbocycles. The summed E-state index contributed by atoms with van der Waals surface area (Å²) in [6, 6.07) is 37.4. The van der Waals surface area contributed by atoms with Crippen LogP contribution in [0.1, 0.15) is 0 Å². The second-order valence-electron chi connectivity index (χ2n) is 10.2. The molecule has 0 atom stereocenters. The first-order valence-corrected chi connectivity index (χ1v) is 13.4. The van der Waals surface area contributed by atoms with Crippen molar-refractivity contribution in [2.45, 2.75) is 0 Å². The van der Waals surface area contributed by atoms with Crippen LogP contribution < -0.4 is 0 Å². The Hall–Kier alpha value is -5.41. The van der Waals surface area contributed by atoms with Crippen LogP contribution in [0.2, 0.25) is 0 Å². The molecule has 3 aromatic heterocycles. The summed E-state index contributed by atoms with van der Waals surface area (Å²) in [6.45, 7) is 0. The average molecular weight is 510 g/mol. The lowest BCUT2D eigenvalue weighted by molar-refractivity contribution is 1.33. The minimum absolute atomic E-state index is 1.15. The number of rotatable bonds is 4. The molecule has 3 heterocycles. The molecule has 3 nitrogen and oxygen atoms in total. The number of pyridine rings is 3. The van der Waals surface area contributed by atoms with Gasteiger partial charge in [-0.3, -0.25) is 15.0 Å².